The van der Waals surface area contributed by atoms with Crippen LogP contribution in [0.3, 0.4) is 0 Å². The Labute approximate surface area is 99.7 Å². The highest BCUT2D eigenvalue weighted by atomic mass is 32.2. The zero-order valence-corrected chi connectivity index (χ0v) is 10.8. The third-order valence-corrected chi connectivity index (χ3v) is 4.46. The molecule has 1 aromatic heterocycles. The van der Waals surface area contributed by atoms with Crippen molar-refractivity contribution < 1.29 is 0 Å². The van der Waals surface area contributed by atoms with Crippen LogP contribution in [0.4, 0.5) is 0 Å². The minimum Gasteiger partial charge on any atom is -0.299 e. The van der Waals surface area contributed by atoms with Crippen molar-refractivity contribution in [2.24, 2.45) is 0 Å². The summed E-state index contributed by atoms with van der Waals surface area (Å²) in [6.45, 7) is 4.97. The lowest BCUT2D eigenvalue weighted by Crippen LogP contribution is -2.43. The van der Waals surface area contributed by atoms with Gasteiger partial charge in [-0.05, 0) is 31.3 Å². The average molecular weight is 240 g/mol. The van der Waals surface area contributed by atoms with Crippen molar-refractivity contribution >= 4 is 23.1 Å². The van der Waals surface area contributed by atoms with E-state index in [1.807, 2.05) is 13.0 Å². The predicted molar refractivity (Wildman–Crippen MR) is 67.4 cm³/mol. The van der Waals surface area contributed by atoms with Crippen LogP contribution in [-0.2, 0) is 0 Å². The third-order valence-electron chi connectivity index (χ3n) is 2.01. The number of nitrogens with one attached hydrogen (secondary N) is 1. The fourth-order valence-electron chi connectivity index (χ4n) is 1.08. The maximum absolute atomic E-state index is 9.12. The molecule has 0 fully saturated rings. The molecule has 1 atom stereocenters. The highest BCUT2D eigenvalue weighted by molar-refractivity contribution is 8.01. The van der Waals surface area contributed by atoms with Crippen LogP contribution in [0.1, 0.15) is 20.3 Å². The Morgan fingerprint density at radius 1 is 1.67 bits per heavy atom. The first kappa shape index (κ1) is 12.6. The van der Waals surface area contributed by atoms with Crippen molar-refractivity contribution in [1.82, 2.24) is 5.32 Å². The van der Waals surface area contributed by atoms with Crippen LogP contribution in [0.15, 0.2) is 21.7 Å². The van der Waals surface area contributed by atoms with Crippen LogP contribution < -0.4 is 5.32 Å². The van der Waals surface area contributed by atoms with Crippen LogP contribution in [0.25, 0.3) is 0 Å². The lowest BCUT2D eigenvalue weighted by atomic mass is 10.1. The lowest BCUT2D eigenvalue weighted by Gasteiger charge is -2.22. The molecule has 82 valence electrons. The van der Waals surface area contributed by atoms with E-state index in [1.54, 1.807) is 23.1 Å². The smallest absolute Gasteiger partial charge is 0.113 e. The zero-order valence-electron chi connectivity index (χ0n) is 9.12. The topological polar surface area (TPSA) is 35.8 Å². The Bertz CT molecular complexity index is 316. The van der Waals surface area contributed by atoms with Gasteiger partial charge in [-0.15, -0.1) is 23.1 Å². The fourth-order valence-corrected chi connectivity index (χ4v) is 2.92. The van der Waals surface area contributed by atoms with Gasteiger partial charge in [-0.2, -0.15) is 5.26 Å². The molecule has 0 saturated carbocycles. The summed E-state index contributed by atoms with van der Waals surface area (Å²) in [6.07, 6.45) is 1.06. The molecule has 0 bridgehead atoms. The number of thiophene rings is 1. The number of hydrogen-bond acceptors (Lipinski definition) is 4. The monoisotopic (exact) mass is 240 g/mol. The van der Waals surface area contributed by atoms with Gasteiger partial charge >= 0.3 is 0 Å². The molecular formula is C11H16N2S2. The molecule has 1 rings (SSSR count). The number of nitrogens with zero attached hydrogens (tertiary/aromatic N) is 1. The highest BCUT2D eigenvalue weighted by Crippen LogP contribution is 2.26. The normalized spacial score (nSPS) is 14.5. The van der Waals surface area contributed by atoms with Gasteiger partial charge in [0.15, 0.2) is 0 Å². The lowest BCUT2D eigenvalue weighted by molar-refractivity contribution is 0.493. The molecule has 0 saturated heterocycles. The van der Waals surface area contributed by atoms with Crippen molar-refractivity contribution in [3.05, 3.63) is 17.5 Å². The van der Waals surface area contributed by atoms with Gasteiger partial charge in [-0.3, -0.25) is 5.32 Å². The quantitative estimate of drug-likeness (QED) is 0.776. The largest absolute Gasteiger partial charge is 0.299 e. The van der Waals surface area contributed by atoms with Gasteiger partial charge in [0.05, 0.1) is 10.3 Å². The predicted octanol–water partition coefficient (Wildman–Crippen LogP) is 3.12. The molecule has 0 aromatic carbocycles. The summed E-state index contributed by atoms with van der Waals surface area (Å²) in [7, 11) is 0. The molecule has 15 heavy (non-hydrogen) atoms. The zero-order chi connectivity index (χ0) is 11.1. The van der Waals surface area contributed by atoms with E-state index in [9.17, 15) is 0 Å². The Kier molecular flexibility index (Phi) is 5.16. The summed E-state index contributed by atoms with van der Waals surface area (Å²) in [5.41, 5.74) is -0.412. The van der Waals surface area contributed by atoms with Crippen LogP contribution in [0.5, 0.6) is 0 Å². The van der Waals surface area contributed by atoms with E-state index in [2.05, 4.69) is 29.8 Å². The van der Waals surface area contributed by atoms with Crippen LogP contribution in [-0.4, -0.2) is 17.8 Å². The van der Waals surface area contributed by atoms with E-state index in [4.69, 9.17) is 5.26 Å². The van der Waals surface area contributed by atoms with Crippen molar-refractivity contribution in [1.29, 1.82) is 5.26 Å². The highest BCUT2D eigenvalue weighted by Gasteiger charge is 2.22. The molecule has 1 heterocycles. The molecule has 4 heteroatoms. The second-order valence-electron chi connectivity index (χ2n) is 3.59. The first-order chi connectivity index (χ1) is 7.20. The van der Waals surface area contributed by atoms with E-state index in [0.717, 1.165) is 18.7 Å². The third kappa shape index (κ3) is 4.25. The molecule has 1 aromatic rings. The van der Waals surface area contributed by atoms with E-state index in [1.165, 1.54) is 4.21 Å². The van der Waals surface area contributed by atoms with Gasteiger partial charge in [-0.1, -0.05) is 13.0 Å². The van der Waals surface area contributed by atoms with E-state index >= 15 is 0 Å². The maximum Gasteiger partial charge on any atom is 0.113 e. The molecule has 0 radical (unpaired) electrons. The fraction of sp³-hybridized carbons (Fsp3) is 0.545. The van der Waals surface area contributed by atoms with Crippen LogP contribution in [0, 0.1) is 11.3 Å². The van der Waals surface area contributed by atoms with E-state index < -0.39 is 5.54 Å². The Hall–Kier alpha value is -0.500. The van der Waals surface area contributed by atoms with Crippen LogP contribution in [0.2, 0.25) is 0 Å². The molecule has 0 spiro atoms. The summed E-state index contributed by atoms with van der Waals surface area (Å²) in [4.78, 5) is 0. The van der Waals surface area contributed by atoms with E-state index in [-0.39, 0.29) is 0 Å². The molecule has 0 aliphatic carbocycles. The minimum absolute atomic E-state index is 0.412. The van der Waals surface area contributed by atoms with Crippen molar-refractivity contribution in [2.75, 3.05) is 12.3 Å². The summed E-state index contributed by atoms with van der Waals surface area (Å²) < 4.78 is 1.27. The van der Waals surface area contributed by atoms with Gasteiger partial charge in [0.2, 0.25) is 0 Å². The summed E-state index contributed by atoms with van der Waals surface area (Å²) in [6, 6.07) is 6.48. The van der Waals surface area contributed by atoms with Crippen LogP contribution >= 0.6 is 23.1 Å². The molecular weight excluding hydrogens is 224 g/mol. The summed E-state index contributed by atoms with van der Waals surface area (Å²) in [5.74, 6) is 0.796. The standard InChI is InChI=1S/C11H16N2S2/c1-3-6-13-11(2,8-12)9-15-10-5-4-7-14-10/h4-5,7,13H,3,6,9H2,1-2H3. The molecule has 0 aliphatic rings. The van der Waals surface area contributed by atoms with Crippen molar-refractivity contribution in [2.45, 2.75) is 30.0 Å². The Morgan fingerprint density at radius 2 is 2.47 bits per heavy atom. The van der Waals surface area contributed by atoms with E-state index in [0.29, 0.717) is 0 Å². The van der Waals surface area contributed by atoms with Gasteiger partial charge in [-0.25, -0.2) is 0 Å². The molecule has 2 nitrogen and oxygen atoms in total. The second kappa shape index (κ2) is 6.16. The summed E-state index contributed by atoms with van der Waals surface area (Å²) in [5, 5.41) is 14.5. The Balaban J connectivity index is 2.43. The van der Waals surface area contributed by atoms with Crippen molar-refractivity contribution in [3.8, 4) is 6.07 Å². The minimum atomic E-state index is -0.412. The van der Waals surface area contributed by atoms with Gasteiger partial charge in [0.25, 0.3) is 0 Å². The number of nitriles is 1. The number of hydrogen-bond donors (Lipinski definition) is 1. The first-order valence-corrected chi connectivity index (χ1v) is 6.89. The molecule has 0 amide bonds. The van der Waals surface area contributed by atoms with Gasteiger partial charge < -0.3 is 0 Å². The summed E-state index contributed by atoms with van der Waals surface area (Å²) >= 11 is 3.47. The van der Waals surface area contributed by atoms with Gasteiger partial charge in [0, 0.05) is 5.75 Å². The molecule has 1 unspecified atom stereocenters. The Morgan fingerprint density at radius 3 is 3.00 bits per heavy atom. The molecule has 1 N–H and O–H groups in total. The average Bonchev–Trinajstić information content (AvgIpc) is 2.76. The second-order valence-corrected chi connectivity index (χ2v) is 5.81. The van der Waals surface area contributed by atoms with Crippen molar-refractivity contribution in [3.63, 3.8) is 0 Å². The molecule has 0 aliphatic heterocycles. The maximum atomic E-state index is 9.12. The first-order valence-electron chi connectivity index (χ1n) is 5.03. The number of thioether (sulfide) groups is 1. The van der Waals surface area contributed by atoms with Gasteiger partial charge in [0.1, 0.15) is 5.54 Å². The SMILES string of the molecule is CCCNC(C)(C#N)CSc1cccs1. The number of rotatable bonds is 6.